The van der Waals surface area contributed by atoms with Crippen molar-refractivity contribution in [3.63, 3.8) is 0 Å². The summed E-state index contributed by atoms with van der Waals surface area (Å²) in [7, 11) is 0. The van der Waals surface area contributed by atoms with Crippen LogP contribution in [-0.2, 0) is 0 Å². The summed E-state index contributed by atoms with van der Waals surface area (Å²) in [6, 6.07) is 6.78. The molecule has 4 heteroatoms. The van der Waals surface area contributed by atoms with Crippen molar-refractivity contribution in [1.29, 1.82) is 0 Å². The molecule has 1 rings (SSSR count). The molecule has 1 aromatic rings. The molecule has 18 heavy (non-hydrogen) atoms. The van der Waals surface area contributed by atoms with Gasteiger partial charge in [-0.2, -0.15) is 0 Å². The maximum atomic E-state index is 11.7. The average Bonchev–Trinajstić information content (AvgIpc) is 2.39. The van der Waals surface area contributed by atoms with Crippen LogP contribution in [-0.4, -0.2) is 30.3 Å². The number of aliphatic hydroxyl groups is 1. The number of amides is 1. The molecule has 0 bridgehead atoms. The molecule has 0 spiro atoms. The second-order valence-corrected chi connectivity index (χ2v) is 4.28. The Labute approximate surface area is 108 Å². The van der Waals surface area contributed by atoms with Crippen LogP contribution in [0.3, 0.4) is 0 Å². The number of nitrogens with one attached hydrogen (secondary N) is 1. The minimum absolute atomic E-state index is 0.0655. The van der Waals surface area contributed by atoms with Crippen LogP contribution in [0.5, 0.6) is 5.75 Å². The molecule has 0 aromatic heterocycles. The average molecular weight is 251 g/mol. The molecular formula is C14H21NO3. The molecule has 0 heterocycles. The van der Waals surface area contributed by atoms with E-state index in [2.05, 4.69) is 12.2 Å². The maximum Gasteiger partial charge on any atom is 0.251 e. The van der Waals surface area contributed by atoms with Gasteiger partial charge >= 0.3 is 0 Å². The largest absolute Gasteiger partial charge is 0.494 e. The number of ether oxygens (including phenoxy) is 1. The van der Waals surface area contributed by atoms with E-state index in [1.165, 1.54) is 0 Å². The molecule has 0 fully saturated rings. The number of aliphatic hydroxyl groups excluding tert-OH is 1. The molecule has 0 aliphatic rings. The van der Waals surface area contributed by atoms with Gasteiger partial charge in [-0.15, -0.1) is 0 Å². The Morgan fingerprint density at radius 3 is 2.61 bits per heavy atom. The number of benzene rings is 1. The topological polar surface area (TPSA) is 58.6 Å². The van der Waals surface area contributed by atoms with Crippen LogP contribution in [0.15, 0.2) is 24.3 Å². The minimum Gasteiger partial charge on any atom is -0.494 e. The lowest BCUT2D eigenvalue weighted by Gasteiger charge is -2.11. The second kappa shape index (κ2) is 7.71. The molecule has 1 amide bonds. The number of hydrogen-bond acceptors (Lipinski definition) is 3. The van der Waals surface area contributed by atoms with Gasteiger partial charge in [-0.05, 0) is 37.6 Å². The van der Waals surface area contributed by atoms with Crippen LogP contribution in [0.4, 0.5) is 0 Å². The number of rotatable bonds is 7. The zero-order chi connectivity index (χ0) is 13.4. The van der Waals surface area contributed by atoms with Gasteiger partial charge in [0.1, 0.15) is 5.75 Å². The van der Waals surface area contributed by atoms with Crippen LogP contribution >= 0.6 is 0 Å². The van der Waals surface area contributed by atoms with Gasteiger partial charge in [0.25, 0.3) is 5.91 Å². The van der Waals surface area contributed by atoms with Gasteiger partial charge in [-0.25, -0.2) is 0 Å². The van der Waals surface area contributed by atoms with Crippen molar-refractivity contribution in [3.8, 4) is 5.75 Å². The Hall–Kier alpha value is -1.55. The fourth-order valence-electron chi connectivity index (χ4n) is 1.39. The Kier molecular flexibility index (Phi) is 6.22. The molecule has 0 saturated carbocycles. The van der Waals surface area contributed by atoms with Gasteiger partial charge < -0.3 is 15.2 Å². The van der Waals surface area contributed by atoms with E-state index >= 15 is 0 Å². The summed E-state index contributed by atoms with van der Waals surface area (Å²) in [6.07, 6.45) is 2.12. The van der Waals surface area contributed by atoms with Gasteiger partial charge in [-0.3, -0.25) is 4.79 Å². The molecule has 1 atom stereocenters. The highest BCUT2D eigenvalue weighted by Crippen LogP contribution is 2.12. The van der Waals surface area contributed by atoms with Crippen molar-refractivity contribution in [2.75, 3.05) is 13.2 Å². The summed E-state index contributed by atoms with van der Waals surface area (Å²) in [5.74, 6) is 0.590. The summed E-state index contributed by atoms with van der Waals surface area (Å²) in [6.45, 7) is 4.49. The van der Waals surface area contributed by atoms with Crippen LogP contribution in [0.2, 0.25) is 0 Å². The molecule has 0 radical (unpaired) electrons. The molecule has 4 nitrogen and oxygen atoms in total. The van der Waals surface area contributed by atoms with Crippen molar-refractivity contribution in [2.24, 2.45) is 0 Å². The number of carbonyl (C=O) groups excluding carboxylic acids is 1. The van der Waals surface area contributed by atoms with Gasteiger partial charge in [-0.1, -0.05) is 13.3 Å². The van der Waals surface area contributed by atoms with Gasteiger partial charge in [0.05, 0.1) is 13.2 Å². The van der Waals surface area contributed by atoms with E-state index in [9.17, 15) is 4.79 Å². The molecule has 0 unspecified atom stereocenters. The molecule has 2 N–H and O–H groups in total. The van der Waals surface area contributed by atoms with E-state index in [1.54, 1.807) is 31.2 Å². The lowest BCUT2D eigenvalue weighted by atomic mass is 10.2. The standard InChI is InChI=1S/C14H21NO3/c1-3-4-9-18-13-7-5-12(6-8-13)14(17)15-11(2)10-16/h5-8,11,16H,3-4,9-10H2,1-2H3,(H,15,17)/t11-/m1/s1. The Morgan fingerprint density at radius 1 is 1.39 bits per heavy atom. The van der Waals surface area contributed by atoms with E-state index in [1.807, 2.05) is 0 Å². The first-order valence-electron chi connectivity index (χ1n) is 6.32. The molecule has 0 aliphatic carbocycles. The SMILES string of the molecule is CCCCOc1ccc(C(=O)N[C@H](C)CO)cc1. The quantitative estimate of drug-likeness (QED) is 0.728. The third-order valence-electron chi connectivity index (χ3n) is 2.53. The van der Waals surface area contributed by atoms with Crippen molar-refractivity contribution >= 4 is 5.91 Å². The molecular weight excluding hydrogens is 230 g/mol. The Morgan fingerprint density at radius 2 is 2.06 bits per heavy atom. The maximum absolute atomic E-state index is 11.7. The first kappa shape index (κ1) is 14.5. The third kappa shape index (κ3) is 4.75. The van der Waals surface area contributed by atoms with E-state index in [0.717, 1.165) is 18.6 Å². The van der Waals surface area contributed by atoms with E-state index in [-0.39, 0.29) is 18.6 Å². The summed E-state index contributed by atoms with van der Waals surface area (Å²) < 4.78 is 5.51. The zero-order valence-electron chi connectivity index (χ0n) is 11.0. The van der Waals surface area contributed by atoms with Crippen LogP contribution in [0, 0.1) is 0 Å². The monoisotopic (exact) mass is 251 g/mol. The van der Waals surface area contributed by atoms with Gasteiger partial charge in [0.2, 0.25) is 0 Å². The number of carbonyl (C=O) groups is 1. The number of hydrogen-bond donors (Lipinski definition) is 2. The fourth-order valence-corrected chi connectivity index (χ4v) is 1.39. The highest BCUT2D eigenvalue weighted by atomic mass is 16.5. The molecule has 100 valence electrons. The van der Waals surface area contributed by atoms with Crippen molar-refractivity contribution in [3.05, 3.63) is 29.8 Å². The highest BCUT2D eigenvalue weighted by molar-refractivity contribution is 5.94. The summed E-state index contributed by atoms with van der Waals surface area (Å²) in [5.41, 5.74) is 0.568. The van der Waals surface area contributed by atoms with Crippen molar-refractivity contribution in [1.82, 2.24) is 5.32 Å². The predicted octanol–water partition coefficient (Wildman–Crippen LogP) is 1.98. The van der Waals surface area contributed by atoms with Crippen LogP contribution in [0.25, 0.3) is 0 Å². The third-order valence-corrected chi connectivity index (χ3v) is 2.53. The van der Waals surface area contributed by atoms with Crippen LogP contribution in [0.1, 0.15) is 37.0 Å². The van der Waals surface area contributed by atoms with E-state index in [4.69, 9.17) is 9.84 Å². The first-order chi connectivity index (χ1) is 8.67. The summed E-state index contributed by atoms with van der Waals surface area (Å²) >= 11 is 0. The first-order valence-corrected chi connectivity index (χ1v) is 6.32. The molecule has 0 aliphatic heterocycles. The summed E-state index contributed by atoms with van der Waals surface area (Å²) in [4.78, 5) is 11.7. The fraction of sp³-hybridized carbons (Fsp3) is 0.500. The minimum atomic E-state index is -0.238. The molecule has 0 saturated heterocycles. The van der Waals surface area contributed by atoms with Crippen molar-refractivity contribution < 1.29 is 14.6 Å². The van der Waals surface area contributed by atoms with Gasteiger partial charge in [0, 0.05) is 11.6 Å². The van der Waals surface area contributed by atoms with Gasteiger partial charge in [0.15, 0.2) is 0 Å². The molecule has 1 aromatic carbocycles. The normalized spacial score (nSPS) is 11.9. The second-order valence-electron chi connectivity index (χ2n) is 4.28. The number of unbranched alkanes of at least 4 members (excludes halogenated alkanes) is 1. The lowest BCUT2D eigenvalue weighted by Crippen LogP contribution is -2.34. The van der Waals surface area contributed by atoms with E-state index in [0.29, 0.717) is 12.2 Å². The zero-order valence-corrected chi connectivity index (χ0v) is 11.0. The summed E-state index contributed by atoms with van der Waals surface area (Å²) in [5, 5.41) is 11.5. The Balaban J connectivity index is 2.51. The van der Waals surface area contributed by atoms with Crippen molar-refractivity contribution in [2.45, 2.75) is 32.7 Å². The Bertz CT molecular complexity index is 362. The predicted molar refractivity (Wildman–Crippen MR) is 70.9 cm³/mol. The lowest BCUT2D eigenvalue weighted by molar-refractivity contribution is 0.0922. The van der Waals surface area contributed by atoms with Crippen LogP contribution < -0.4 is 10.1 Å². The van der Waals surface area contributed by atoms with E-state index < -0.39 is 0 Å². The highest BCUT2D eigenvalue weighted by Gasteiger charge is 2.08. The smallest absolute Gasteiger partial charge is 0.251 e.